The van der Waals surface area contributed by atoms with E-state index in [0.717, 1.165) is 0 Å². The van der Waals surface area contributed by atoms with Crippen LogP contribution in [0, 0.1) is 0 Å². The summed E-state index contributed by atoms with van der Waals surface area (Å²) in [5.41, 5.74) is 0.959. The maximum Gasteiger partial charge on any atom is 0.344 e. The van der Waals surface area contributed by atoms with Gasteiger partial charge in [-0.1, -0.05) is 0 Å². The number of carbonyl (C=O) groups is 3. The van der Waals surface area contributed by atoms with E-state index in [0.29, 0.717) is 17.9 Å². The van der Waals surface area contributed by atoms with Crippen molar-refractivity contribution in [1.29, 1.82) is 0 Å². The van der Waals surface area contributed by atoms with Gasteiger partial charge < -0.3 is 19.5 Å². The number of ether oxygens (including phenoxy) is 3. The molecular weight excluding hydrogens is 290 g/mol. The minimum atomic E-state index is -0.620. The van der Waals surface area contributed by atoms with Crippen molar-refractivity contribution in [3.63, 3.8) is 0 Å². The number of nitrogens with one attached hydrogen (secondary N) is 1. The molecule has 120 valence electrons. The highest BCUT2D eigenvalue weighted by molar-refractivity contribution is 5.91. The molecule has 7 heteroatoms. The minimum absolute atomic E-state index is 0.0422. The summed E-state index contributed by atoms with van der Waals surface area (Å²) in [6.45, 7) is 3.58. The molecule has 0 atom stereocenters. The van der Waals surface area contributed by atoms with Gasteiger partial charge in [-0.05, 0) is 38.1 Å². The molecule has 0 aliphatic rings. The Kier molecular flexibility index (Phi) is 7.45. The van der Waals surface area contributed by atoms with E-state index in [2.05, 4.69) is 10.1 Å². The van der Waals surface area contributed by atoms with Crippen LogP contribution in [-0.2, 0) is 23.8 Å². The van der Waals surface area contributed by atoms with E-state index in [1.807, 2.05) is 0 Å². The number of rotatable bonds is 8. The molecule has 0 saturated heterocycles. The Bertz CT molecular complexity index is 511. The van der Waals surface area contributed by atoms with Crippen molar-refractivity contribution in [3.8, 4) is 0 Å². The highest BCUT2D eigenvalue weighted by Crippen LogP contribution is 2.10. The van der Waals surface area contributed by atoms with Crippen LogP contribution in [0.4, 0.5) is 5.69 Å². The predicted molar refractivity (Wildman–Crippen MR) is 78.5 cm³/mol. The molecule has 1 N–H and O–H groups in total. The minimum Gasteiger partial charge on any atom is -0.465 e. The molecule has 0 unspecified atom stereocenters. The molecule has 0 heterocycles. The van der Waals surface area contributed by atoms with Gasteiger partial charge in [0, 0.05) is 5.69 Å². The van der Waals surface area contributed by atoms with E-state index >= 15 is 0 Å². The fourth-order valence-corrected chi connectivity index (χ4v) is 1.52. The van der Waals surface area contributed by atoms with Crippen LogP contribution in [0.5, 0.6) is 0 Å². The fraction of sp³-hybridized carbons (Fsp3) is 0.400. The van der Waals surface area contributed by atoms with Gasteiger partial charge in [0.05, 0.1) is 18.8 Å². The van der Waals surface area contributed by atoms with Gasteiger partial charge in [-0.3, -0.25) is 4.79 Å². The zero-order valence-corrected chi connectivity index (χ0v) is 12.6. The summed E-state index contributed by atoms with van der Waals surface area (Å²) in [6, 6.07) is 6.31. The van der Waals surface area contributed by atoms with E-state index < -0.39 is 18.5 Å². The van der Waals surface area contributed by atoms with E-state index in [9.17, 15) is 14.4 Å². The molecule has 0 radical (unpaired) electrons. The van der Waals surface area contributed by atoms with Crippen LogP contribution < -0.4 is 5.32 Å². The zero-order valence-electron chi connectivity index (χ0n) is 12.6. The summed E-state index contributed by atoms with van der Waals surface area (Å²) in [5.74, 6) is -1.58. The molecule has 0 saturated carbocycles. The SMILES string of the molecule is CCOC(=O)CNc1ccc(C(=O)OCC(=O)OCC)cc1. The molecule has 0 bridgehead atoms. The molecule has 0 aliphatic carbocycles. The number of hydrogen-bond acceptors (Lipinski definition) is 7. The van der Waals surface area contributed by atoms with Gasteiger partial charge in [-0.25, -0.2) is 9.59 Å². The van der Waals surface area contributed by atoms with Crippen LogP contribution >= 0.6 is 0 Å². The normalized spacial score (nSPS) is 9.73. The van der Waals surface area contributed by atoms with Crippen molar-refractivity contribution < 1.29 is 28.6 Å². The Morgan fingerprint density at radius 3 is 2.09 bits per heavy atom. The van der Waals surface area contributed by atoms with E-state index in [4.69, 9.17) is 9.47 Å². The Morgan fingerprint density at radius 1 is 0.909 bits per heavy atom. The van der Waals surface area contributed by atoms with Crippen molar-refractivity contribution >= 4 is 23.6 Å². The molecule has 7 nitrogen and oxygen atoms in total. The second-order valence-electron chi connectivity index (χ2n) is 4.12. The molecule has 0 aromatic heterocycles. The number of hydrogen-bond donors (Lipinski definition) is 1. The second kappa shape index (κ2) is 9.38. The van der Waals surface area contributed by atoms with Crippen LogP contribution in [0.15, 0.2) is 24.3 Å². The van der Waals surface area contributed by atoms with Crippen LogP contribution in [0.25, 0.3) is 0 Å². The van der Waals surface area contributed by atoms with Crippen molar-refractivity contribution in [1.82, 2.24) is 0 Å². The van der Waals surface area contributed by atoms with Gasteiger partial charge in [0.15, 0.2) is 6.61 Å². The Morgan fingerprint density at radius 2 is 1.50 bits per heavy atom. The lowest BCUT2D eigenvalue weighted by molar-refractivity contribution is -0.146. The average molecular weight is 309 g/mol. The fourth-order valence-electron chi connectivity index (χ4n) is 1.52. The lowest BCUT2D eigenvalue weighted by Crippen LogP contribution is -2.17. The third kappa shape index (κ3) is 6.25. The molecule has 0 fully saturated rings. The standard InChI is InChI=1S/C15H19NO6/c1-3-20-13(17)9-16-12-7-5-11(6-8-12)15(19)22-10-14(18)21-4-2/h5-8,16H,3-4,9-10H2,1-2H3. The molecule has 0 amide bonds. The van der Waals surface area contributed by atoms with E-state index in [1.54, 1.807) is 26.0 Å². The summed E-state index contributed by atoms with van der Waals surface area (Å²) in [5, 5.41) is 2.86. The Hall–Kier alpha value is -2.57. The number of benzene rings is 1. The predicted octanol–water partition coefficient (Wildman–Crippen LogP) is 1.38. The monoisotopic (exact) mass is 309 g/mol. The van der Waals surface area contributed by atoms with Crippen LogP contribution in [0.1, 0.15) is 24.2 Å². The molecule has 1 rings (SSSR count). The Labute approximate surface area is 128 Å². The maximum absolute atomic E-state index is 11.7. The molecule has 1 aromatic rings. The van der Waals surface area contributed by atoms with Gasteiger partial charge in [-0.15, -0.1) is 0 Å². The number of carbonyl (C=O) groups excluding carboxylic acids is 3. The number of anilines is 1. The topological polar surface area (TPSA) is 90.9 Å². The van der Waals surface area contributed by atoms with Crippen LogP contribution in [0.3, 0.4) is 0 Å². The first-order valence-corrected chi connectivity index (χ1v) is 6.89. The van der Waals surface area contributed by atoms with Gasteiger partial charge >= 0.3 is 17.9 Å². The van der Waals surface area contributed by atoms with Crippen LogP contribution in [-0.4, -0.2) is 44.3 Å². The number of esters is 3. The highest BCUT2D eigenvalue weighted by Gasteiger charge is 2.10. The van der Waals surface area contributed by atoms with Gasteiger partial charge in [-0.2, -0.15) is 0 Å². The van der Waals surface area contributed by atoms with Crippen molar-refractivity contribution in [2.45, 2.75) is 13.8 Å². The second-order valence-corrected chi connectivity index (χ2v) is 4.12. The lowest BCUT2D eigenvalue weighted by atomic mass is 10.2. The third-order valence-electron chi connectivity index (χ3n) is 2.49. The van der Waals surface area contributed by atoms with Gasteiger partial charge in [0.2, 0.25) is 0 Å². The first-order chi connectivity index (χ1) is 10.6. The quantitative estimate of drug-likeness (QED) is 0.573. The van der Waals surface area contributed by atoms with Crippen LogP contribution in [0.2, 0.25) is 0 Å². The molecule has 1 aromatic carbocycles. The molecule has 22 heavy (non-hydrogen) atoms. The Balaban J connectivity index is 2.45. The maximum atomic E-state index is 11.7. The largest absolute Gasteiger partial charge is 0.465 e. The summed E-state index contributed by atoms with van der Waals surface area (Å²) >= 11 is 0. The van der Waals surface area contributed by atoms with Crippen molar-refractivity contribution in [2.75, 3.05) is 31.7 Å². The average Bonchev–Trinajstić information content (AvgIpc) is 2.52. The first kappa shape index (κ1) is 17.5. The smallest absolute Gasteiger partial charge is 0.344 e. The summed E-state index contributed by atoms with van der Waals surface area (Å²) < 4.78 is 14.2. The zero-order chi connectivity index (χ0) is 16.4. The highest BCUT2D eigenvalue weighted by atomic mass is 16.6. The third-order valence-corrected chi connectivity index (χ3v) is 2.49. The molecular formula is C15H19NO6. The van der Waals surface area contributed by atoms with Crippen molar-refractivity contribution in [2.24, 2.45) is 0 Å². The summed E-state index contributed by atoms with van der Waals surface area (Å²) in [4.78, 5) is 34.0. The summed E-state index contributed by atoms with van der Waals surface area (Å²) in [7, 11) is 0. The molecule has 0 spiro atoms. The van der Waals surface area contributed by atoms with E-state index in [-0.39, 0.29) is 19.1 Å². The summed E-state index contributed by atoms with van der Waals surface area (Å²) in [6.07, 6.45) is 0. The van der Waals surface area contributed by atoms with E-state index in [1.165, 1.54) is 12.1 Å². The van der Waals surface area contributed by atoms with Crippen molar-refractivity contribution in [3.05, 3.63) is 29.8 Å². The molecule has 0 aliphatic heterocycles. The first-order valence-electron chi connectivity index (χ1n) is 6.89. The van der Waals surface area contributed by atoms with Gasteiger partial charge in [0.25, 0.3) is 0 Å². The van der Waals surface area contributed by atoms with Gasteiger partial charge in [0.1, 0.15) is 6.54 Å². The lowest BCUT2D eigenvalue weighted by Gasteiger charge is -2.07.